The molecule has 7 atom stereocenters. The highest BCUT2D eigenvalue weighted by molar-refractivity contribution is 7.91. The summed E-state index contributed by atoms with van der Waals surface area (Å²) in [4.78, 5) is 45.0. The summed E-state index contributed by atoms with van der Waals surface area (Å²) in [5, 5.41) is 38.3. The summed E-state index contributed by atoms with van der Waals surface area (Å²) in [6.07, 6.45) is 3.21. The van der Waals surface area contributed by atoms with Gasteiger partial charge in [0.15, 0.2) is 19.7 Å². The smallest absolute Gasteiger partial charge is 0.225 e. The molecule has 20 heteroatoms. The van der Waals surface area contributed by atoms with Gasteiger partial charge in [0.1, 0.15) is 28.4 Å². The van der Waals surface area contributed by atoms with E-state index in [2.05, 4.69) is 46.4 Å². The van der Waals surface area contributed by atoms with Gasteiger partial charge in [-0.05, 0) is 120 Å². The van der Waals surface area contributed by atoms with Gasteiger partial charge < -0.3 is 25.5 Å². The molecule has 3 saturated carbocycles. The molecule has 7 unspecified atom stereocenters. The SMILES string of the molecule is CC(C#N)NC(=O)C1CC(F)CCC1c1nc(C(C)(C)CC2CCC(c3nc(C(C)(C)O)sc3-c3ccc(N4CCS(=O)(=O)CC4)cc3)C(C(=O)NC3(C#N)CC3)C2)sc1-c1ccc(N2CCS(=O)(=O)CC2)cc1. The summed E-state index contributed by atoms with van der Waals surface area (Å²) >= 11 is 2.96. The fourth-order valence-electron chi connectivity index (χ4n) is 11.4. The number of rotatable bonds is 14. The lowest BCUT2D eigenvalue weighted by Crippen LogP contribution is -2.44. The first-order chi connectivity index (χ1) is 35.0. The number of nitrogens with zero attached hydrogens (tertiary/aromatic N) is 6. The van der Waals surface area contributed by atoms with Crippen LogP contribution < -0.4 is 20.4 Å². The van der Waals surface area contributed by atoms with E-state index in [4.69, 9.17) is 9.97 Å². The van der Waals surface area contributed by atoms with Gasteiger partial charge in [0, 0.05) is 66.6 Å². The van der Waals surface area contributed by atoms with Gasteiger partial charge in [-0.2, -0.15) is 10.5 Å². The molecular formula is C54H67FN8O7S4. The van der Waals surface area contributed by atoms with Crippen molar-refractivity contribution in [2.75, 3.05) is 59.0 Å². The molecule has 2 aromatic carbocycles. The molecule has 5 aliphatic rings. The quantitative estimate of drug-likeness (QED) is 0.109. The van der Waals surface area contributed by atoms with Gasteiger partial charge in [0.25, 0.3) is 0 Å². The maximum absolute atomic E-state index is 15.3. The number of amides is 2. The van der Waals surface area contributed by atoms with E-state index in [1.54, 1.807) is 32.1 Å². The number of aromatic nitrogens is 2. The molecular weight excluding hydrogens is 1020 g/mol. The minimum atomic E-state index is -3.07. The van der Waals surface area contributed by atoms with Crippen LogP contribution in [-0.4, -0.2) is 111 Å². The number of hydrogen-bond acceptors (Lipinski definition) is 15. The van der Waals surface area contributed by atoms with Crippen LogP contribution in [0.15, 0.2) is 48.5 Å². The van der Waals surface area contributed by atoms with Gasteiger partial charge >= 0.3 is 0 Å². The molecule has 15 nitrogen and oxygen atoms in total. The number of nitrogens with one attached hydrogen (secondary N) is 2. The van der Waals surface area contributed by atoms with E-state index in [1.165, 1.54) is 11.3 Å². The maximum Gasteiger partial charge on any atom is 0.225 e. The number of hydrogen-bond donors (Lipinski definition) is 3. The van der Waals surface area contributed by atoms with Crippen molar-refractivity contribution < 1.29 is 35.9 Å². The number of carbonyl (C=O) groups excluding carboxylic acids is 2. The zero-order valence-electron chi connectivity index (χ0n) is 42.8. The molecule has 4 heterocycles. The first kappa shape index (κ1) is 53.8. The van der Waals surface area contributed by atoms with E-state index in [9.17, 15) is 42.1 Å². The van der Waals surface area contributed by atoms with Crippen LogP contribution in [-0.2, 0) is 40.3 Å². The number of sulfone groups is 2. The summed E-state index contributed by atoms with van der Waals surface area (Å²) in [5.41, 5.74) is 2.34. The minimum absolute atomic E-state index is 0.0110. The summed E-state index contributed by atoms with van der Waals surface area (Å²) < 4.78 is 64.0. The Morgan fingerprint density at radius 1 is 0.757 bits per heavy atom. The largest absolute Gasteiger partial charge is 0.383 e. The van der Waals surface area contributed by atoms with Crippen molar-refractivity contribution in [3.63, 3.8) is 0 Å². The van der Waals surface area contributed by atoms with Crippen molar-refractivity contribution in [2.45, 2.75) is 133 Å². The first-order valence-electron chi connectivity index (χ1n) is 25.9. The van der Waals surface area contributed by atoms with Crippen LogP contribution in [0.3, 0.4) is 0 Å². The van der Waals surface area contributed by atoms with Crippen molar-refractivity contribution >= 4 is 65.5 Å². The molecule has 3 aliphatic carbocycles. The molecule has 9 rings (SSSR count). The molecule has 2 amide bonds. The third-order valence-electron chi connectivity index (χ3n) is 15.9. The molecule has 2 aliphatic heterocycles. The molecule has 0 bridgehead atoms. The van der Waals surface area contributed by atoms with Crippen molar-refractivity contribution in [2.24, 2.45) is 17.8 Å². The first-order valence-corrected chi connectivity index (χ1v) is 31.2. The second-order valence-electron chi connectivity index (χ2n) is 22.5. The summed E-state index contributed by atoms with van der Waals surface area (Å²) in [6, 6.07) is 19.6. The Labute approximate surface area is 442 Å². The highest BCUT2D eigenvalue weighted by atomic mass is 32.2. The van der Waals surface area contributed by atoms with E-state index in [0.717, 1.165) is 49.4 Å². The normalized spacial score (nSPS) is 26.0. The number of thiazole rings is 2. The van der Waals surface area contributed by atoms with E-state index >= 15 is 4.39 Å². The Morgan fingerprint density at radius 2 is 1.23 bits per heavy atom. The van der Waals surface area contributed by atoms with E-state index in [-0.39, 0.29) is 59.5 Å². The van der Waals surface area contributed by atoms with Crippen LogP contribution in [0, 0.1) is 40.4 Å². The molecule has 3 N–H and O–H groups in total. The highest BCUT2D eigenvalue weighted by Crippen LogP contribution is 2.52. The lowest BCUT2D eigenvalue weighted by atomic mass is 9.67. The van der Waals surface area contributed by atoms with Crippen LogP contribution in [0.25, 0.3) is 20.9 Å². The second-order valence-corrected chi connectivity index (χ2v) is 29.1. The predicted molar refractivity (Wildman–Crippen MR) is 287 cm³/mol. The standard InChI is InChI=1S/C54H67FN8O7S4/c1-33(31-56)58-48(64)43-29-37(55)11-17-41(43)44-46(35-7-12-38(13-8-35)62-20-24-73(67,68)25-21-62)71-50(59-44)52(2,3)30-34-6-16-40(42(28-34)49(65)61-54(32-57)18-19-54)45-47(72-51(60-45)53(4,5)66)36-9-14-39(15-10-36)63-22-26-74(69,70)27-23-63/h7-10,12-15,33-34,37,40-43,66H,6,11,16-30H2,1-5H3,(H,58,64)(H,61,65). The van der Waals surface area contributed by atoms with Gasteiger partial charge in [-0.3, -0.25) is 9.59 Å². The Hall–Kier alpha value is -4.99. The van der Waals surface area contributed by atoms with Crippen LogP contribution in [0.5, 0.6) is 0 Å². The lowest BCUT2D eigenvalue weighted by molar-refractivity contribution is -0.128. The fraction of sp³-hybridized carbons (Fsp3) is 0.593. The molecule has 5 fully saturated rings. The van der Waals surface area contributed by atoms with Gasteiger partial charge in [0.05, 0.1) is 61.3 Å². The van der Waals surface area contributed by atoms with Gasteiger partial charge in [-0.15, -0.1) is 22.7 Å². The van der Waals surface area contributed by atoms with Crippen LogP contribution in [0.4, 0.5) is 15.8 Å². The molecule has 4 aromatic rings. The highest BCUT2D eigenvalue weighted by Gasteiger charge is 2.49. The third kappa shape index (κ3) is 11.8. The zero-order chi connectivity index (χ0) is 53.0. The van der Waals surface area contributed by atoms with Gasteiger partial charge in [0.2, 0.25) is 11.8 Å². The summed E-state index contributed by atoms with van der Waals surface area (Å²) in [6.45, 7) is 10.9. The van der Waals surface area contributed by atoms with Crippen LogP contribution in [0.1, 0.15) is 126 Å². The van der Waals surface area contributed by atoms with Crippen molar-refractivity contribution in [1.82, 2.24) is 20.6 Å². The maximum atomic E-state index is 15.3. The van der Waals surface area contributed by atoms with E-state index < -0.39 is 66.2 Å². The Balaban J connectivity index is 1.03. The topological polar surface area (TPSA) is 227 Å². The number of carbonyl (C=O) groups is 2. The predicted octanol–water partition coefficient (Wildman–Crippen LogP) is 7.92. The monoisotopic (exact) mass is 1090 g/mol. The average molecular weight is 1090 g/mol. The molecule has 2 saturated heterocycles. The van der Waals surface area contributed by atoms with Crippen molar-refractivity contribution in [1.29, 1.82) is 10.5 Å². The number of anilines is 2. The minimum Gasteiger partial charge on any atom is -0.383 e. The van der Waals surface area contributed by atoms with E-state index in [0.29, 0.717) is 75.4 Å². The van der Waals surface area contributed by atoms with Crippen molar-refractivity contribution in [3.8, 4) is 33.0 Å². The van der Waals surface area contributed by atoms with Crippen molar-refractivity contribution in [3.05, 3.63) is 69.9 Å². The van der Waals surface area contributed by atoms with E-state index in [1.807, 2.05) is 48.5 Å². The number of nitriles is 2. The fourth-order valence-corrected chi connectivity index (χ4v) is 16.2. The van der Waals surface area contributed by atoms with Gasteiger partial charge in [-0.25, -0.2) is 31.2 Å². The number of halogens is 1. The molecule has 396 valence electrons. The summed E-state index contributed by atoms with van der Waals surface area (Å²) in [5.74, 6) is -2.18. The molecule has 2 aromatic heterocycles. The lowest BCUT2D eigenvalue weighted by Gasteiger charge is -2.38. The molecule has 0 spiro atoms. The Bertz CT molecular complexity index is 3030. The third-order valence-corrected chi connectivity index (χ3v) is 22.0. The number of aliphatic hydroxyl groups is 1. The Kier molecular flexibility index (Phi) is 15.2. The van der Waals surface area contributed by atoms with Crippen LogP contribution >= 0.6 is 22.7 Å². The van der Waals surface area contributed by atoms with Gasteiger partial charge in [-0.1, -0.05) is 38.1 Å². The molecule has 0 radical (unpaired) electrons. The summed E-state index contributed by atoms with van der Waals surface area (Å²) in [7, 11) is -6.13. The Morgan fingerprint density at radius 3 is 1.70 bits per heavy atom. The van der Waals surface area contributed by atoms with Crippen LogP contribution in [0.2, 0.25) is 0 Å². The molecule has 74 heavy (non-hydrogen) atoms. The zero-order valence-corrected chi connectivity index (χ0v) is 46.0. The average Bonchev–Trinajstić information content (AvgIpc) is 3.73. The second kappa shape index (κ2) is 20.9. The number of alkyl halides is 1. The number of benzene rings is 2.